The summed E-state index contributed by atoms with van der Waals surface area (Å²) in [5, 5.41) is 3.24. The van der Waals surface area contributed by atoms with Gasteiger partial charge in [-0.15, -0.1) is 0 Å². The molecule has 0 fully saturated rings. The van der Waals surface area contributed by atoms with Crippen molar-refractivity contribution in [2.24, 2.45) is 0 Å². The van der Waals surface area contributed by atoms with Crippen LogP contribution in [0, 0.1) is 0 Å². The Morgan fingerprint density at radius 2 is 1.63 bits per heavy atom. The number of hydrogen-bond acceptors (Lipinski definition) is 5. The fourth-order valence-corrected chi connectivity index (χ4v) is 4.79. The van der Waals surface area contributed by atoms with Crippen molar-refractivity contribution >= 4 is 22.5 Å². The Hall–Kier alpha value is -4.11. The van der Waals surface area contributed by atoms with Gasteiger partial charge in [-0.2, -0.15) is 0 Å². The van der Waals surface area contributed by atoms with E-state index in [1.165, 1.54) is 0 Å². The maximum Gasteiger partial charge on any atom is 0.228 e. The van der Waals surface area contributed by atoms with E-state index in [-0.39, 0.29) is 5.91 Å². The molecule has 0 spiro atoms. The van der Waals surface area contributed by atoms with Crippen LogP contribution in [0.1, 0.15) is 47.1 Å². The third-order valence-corrected chi connectivity index (χ3v) is 6.83. The lowest BCUT2D eigenvalue weighted by Crippen LogP contribution is -2.35. The normalized spacial score (nSPS) is 12.6. The van der Waals surface area contributed by atoms with E-state index in [1.54, 1.807) is 19.2 Å². The number of nitrogens with one attached hydrogen (secondary N) is 3. The van der Waals surface area contributed by atoms with Gasteiger partial charge in [0.2, 0.25) is 16.8 Å². The molecule has 0 radical (unpaired) electrons. The van der Waals surface area contributed by atoms with E-state index in [1.807, 2.05) is 79.9 Å². The van der Waals surface area contributed by atoms with E-state index in [0.29, 0.717) is 30.1 Å². The smallest absolute Gasteiger partial charge is 0.228 e. The van der Waals surface area contributed by atoms with Crippen LogP contribution in [-0.4, -0.2) is 31.4 Å². The molecule has 4 rings (SSSR count). The van der Waals surface area contributed by atoms with Gasteiger partial charge in [-0.1, -0.05) is 67.6 Å². The van der Waals surface area contributed by atoms with Crippen LogP contribution in [0.15, 0.2) is 85.1 Å². The zero-order chi connectivity index (χ0) is 26.9. The van der Waals surface area contributed by atoms with Crippen molar-refractivity contribution in [1.82, 2.24) is 15.3 Å². The quantitative estimate of drug-likeness (QED) is 0.203. The number of anilines is 1. The highest BCUT2D eigenvalue weighted by atomic mass is 32.2. The molecule has 198 valence electrons. The Bertz CT molecular complexity index is 1410. The fourth-order valence-electron chi connectivity index (χ4n) is 4.43. The number of hydrogen-bond donors (Lipinski definition) is 4. The van der Waals surface area contributed by atoms with Crippen LogP contribution in [0.2, 0.25) is 0 Å². The third-order valence-electron chi connectivity index (χ3n) is 6.39. The van der Waals surface area contributed by atoms with Gasteiger partial charge in [-0.05, 0) is 48.6 Å². The molecular formula is C29H32N4O4S. The van der Waals surface area contributed by atoms with Crippen LogP contribution in [-0.2, 0) is 34.9 Å². The van der Waals surface area contributed by atoms with Gasteiger partial charge in [0.25, 0.3) is 0 Å². The number of aryl methyl sites for hydroxylation is 1. The van der Waals surface area contributed by atoms with E-state index >= 15 is 0 Å². The molecular weight excluding hydrogens is 500 g/mol. The maximum atomic E-state index is 14.0. The van der Waals surface area contributed by atoms with Crippen molar-refractivity contribution in [1.29, 1.82) is 0 Å². The zero-order valence-corrected chi connectivity index (χ0v) is 22.3. The Balaban J connectivity index is 1.64. The number of ether oxygens (including phenoxy) is 1. The molecule has 0 bridgehead atoms. The minimum absolute atomic E-state index is 0.139. The molecule has 3 aromatic carbocycles. The Morgan fingerprint density at radius 1 is 0.947 bits per heavy atom. The summed E-state index contributed by atoms with van der Waals surface area (Å²) in [4.78, 5) is 21.9. The molecule has 1 heterocycles. The molecule has 1 aromatic heterocycles. The van der Waals surface area contributed by atoms with Crippen LogP contribution >= 0.6 is 0 Å². The Labute approximate surface area is 224 Å². The molecule has 4 aromatic rings. The second kappa shape index (κ2) is 12.9. The van der Waals surface area contributed by atoms with E-state index in [2.05, 4.69) is 15.0 Å². The highest BCUT2D eigenvalue weighted by molar-refractivity contribution is 7.73. The summed E-state index contributed by atoms with van der Waals surface area (Å²) in [5.41, 5.74) is 4.17. The van der Waals surface area contributed by atoms with Crippen LogP contribution < -0.4 is 14.8 Å². The number of aromatic amines is 1. The summed E-state index contributed by atoms with van der Waals surface area (Å²) in [7, 11) is -1.13. The number of carbonyl (C=O) groups is 1. The standard InChI is InChI=1S/C29H32N4O4S/c1-3-22-19-30-28(31-22)26(18-21-13-15-23(16-14-21)33-38(35)36)32-29(34)25(17-20-9-5-4-6-10-20)24-11-7-8-12-27(24)37-2/h4-16,19,25-26,38H,3,17-18H2,1-2H3,(H,30,31)(H,32,34)(H,33,35,36)/t25?,26-/m0/s1. The van der Waals surface area contributed by atoms with Gasteiger partial charge in [-0.25, -0.2) is 13.4 Å². The summed E-state index contributed by atoms with van der Waals surface area (Å²) in [5.74, 6) is 0.695. The lowest BCUT2D eigenvalue weighted by Gasteiger charge is -2.24. The van der Waals surface area contributed by atoms with E-state index < -0.39 is 22.8 Å². The van der Waals surface area contributed by atoms with Gasteiger partial charge < -0.3 is 15.0 Å². The monoisotopic (exact) mass is 532 g/mol. The van der Waals surface area contributed by atoms with Gasteiger partial charge >= 0.3 is 0 Å². The van der Waals surface area contributed by atoms with Crippen molar-refractivity contribution in [2.45, 2.75) is 38.1 Å². The number of H-pyrrole nitrogens is 1. The molecule has 9 heteroatoms. The van der Waals surface area contributed by atoms with E-state index in [4.69, 9.17) is 9.72 Å². The number of imidazole rings is 1. The summed E-state index contributed by atoms with van der Waals surface area (Å²) in [6, 6.07) is 24.1. The Morgan fingerprint density at radius 3 is 2.29 bits per heavy atom. The summed E-state index contributed by atoms with van der Waals surface area (Å²) >= 11 is 0. The maximum absolute atomic E-state index is 14.0. The first kappa shape index (κ1) is 26.9. The van der Waals surface area contributed by atoms with Gasteiger partial charge in [0, 0.05) is 17.4 Å². The van der Waals surface area contributed by atoms with Crippen molar-refractivity contribution < 1.29 is 17.9 Å². The summed E-state index contributed by atoms with van der Waals surface area (Å²) < 4.78 is 30.0. The SMILES string of the molecule is CCc1c[nH]c([C@H](Cc2ccc(N[SH](=O)=O)cc2)NC(=O)C(Cc2ccccc2)c2ccccc2OC)n1. The average molecular weight is 533 g/mol. The predicted octanol–water partition coefficient (Wildman–Crippen LogP) is 4.35. The number of methoxy groups -OCH3 is 1. The third kappa shape index (κ3) is 7.01. The summed E-state index contributed by atoms with van der Waals surface area (Å²) in [6.07, 6.45) is 3.60. The van der Waals surface area contributed by atoms with Crippen molar-refractivity contribution in [3.8, 4) is 5.75 Å². The largest absolute Gasteiger partial charge is 0.496 e. The molecule has 8 nitrogen and oxygen atoms in total. The molecule has 38 heavy (non-hydrogen) atoms. The van der Waals surface area contributed by atoms with Gasteiger partial charge in [0.1, 0.15) is 11.6 Å². The fraction of sp³-hybridized carbons (Fsp3) is 0.241. The van der Waals surface area contributed by atoms with Crippen molar-refractivity contribution in [3.05, 3.63) is 113 Å². The second-order valence-electron chi connectivity index (χ2n) is 8.95. The minimum atomic E-state index is -2.74. The van der Waals surface area contributed by atoms with Crippen molar-refractivity contribution in [3.63, 3.8) is 0 Å². The van der Waals surface area contributed by atoms with E-state index in [0.717, 1.165) is 28.8 Å². The molecule has 1 unspecified atom stereocenters. The molecule has 0 aliphatic rings. The van der Waals surface area contributed by atoms with Crippen LogP contribution in [0.5, 0.6) is 5.75 Å². The lowest BCUT2D eigenvalue weighted by atomic mass is 9.90. The highest BCUT2D eigenvalue weighted by Crippen LogP contribution is 2.31. The second-order valence-corrected chi connectivity index (χ2v) is 9.68. The molecule has 0 saturated heterocycles. The molecule has 2 atom stereocenters. The van der Waals surface area contributed by atoms with E-state index in [9.17, 15) is 13.2 Å². The number of rotatable bonds is 12. The van der Waals surface area contributed by atoms with Gasteiger partial charge in [0.05, 0.1) is 24.8 Å². The molecule has 0 aliphatic heterocycles. The van der Waals surface area contributed by atoms with Crippen LogP contribution in [0.25, 0.3) is 0 Å². The van der Waals surface area contributed by atoms with Gasteiger partial charge in [-0.3, -0.25) is 9.52 Å². The number of carbonyl (C=O) groups excluding carboxylic acids is 1. The molecule has 1 amide bonds. The molecule has 3 N–H and O–H groups in total. The van der Waals surface area contributed by atoms with Crippen LogP contribution in [0.4, 0.5) is 5.69 Å². The molecule has 0 saturated carbocycles. The average Bonchev–Trinajstić information content (AvgIpc) is 3.42. The number of amides is 1. The number of aromatic nitrogens is 2. The highest BCUT2D eigenvalue weighted by Gasteiger charge is 2.28. The van der Waals surface area contributed by atoms with Crippen LogP contribution in [0.3, 0.4) is 0 Å². The molecule has 0 aliphatic carbocycles. The number of thiol groups is 1. The lowest BCUT2D eigenvalue weighted by molar-refractivity contribution is -0.123. The number of nitrogens with zero attached hydrogens (tertiary/aromatic N) is 1. The van der Waals surface area contributed by atoms with Crippen molar-refractivity contribution in [2.75, 3.05) is 11.8 Å². The number of para-hydroxylation sites is 1. The first-order valence-corrected chi connectivity index (χ1v) is 13.7. The predicted molar refractivity (Wildman–Crippen MR) is 149 cm³/mol. The van der Waals surface area contributed by atoms with Gasteiger partial charge in [0.15, 0.2) is 0 Å². The number of benzene rings is 3. The Kier molecular flexibility index (Phi) is 9.16. The first-order valence-electron chi connectivity index (χ1n) is 12.5. The first-order chi connectivity index (χ1) is 18.5. The zero-order valence-electron chi connectivity index (χ0n) is 21.4. The topological polar surface area (TPSA) is 113 Å². The summed E-state index contributed by atoms with van der Waals surface area (Å²) in [6.45, 7) is 2.03. The minimum Gasteiger partial charge on any atom is -0.496 e.